The molecule has 3 heterocycles. The minimum absolute atomic E-state index is 0.584. The molecule has 23 heavy (non-hydrogen) atoms. The van der Waals surface area contributed by atoms with E-state index < -0.39 is 0 Å². The first-order chi connectivity index (χ1) is 11.2. The molecule has 6 nitrogen and oxygen atoms in total. The van der Waals surface area contributed by atoms with E-state index >= 15 is 0 Å². The van der Waals surface area contributed by atoms with Crippen LogP contribution in [0.5, 0.6) is 0 Å². The van der Waals surface area contributed by atoms with Crippen LogP contribution in [0.4, 0.5) is 0 Å². The zero-order chi connectivity index (χ0) is 15.8. The van der Waals surface area contributed by atoms with Crippen LogP contribution in [-0.4, -0.2) is 24.8 Å². The van der Waals surface area contributed by atoms with Crippen LogP contribution < -0.4 is 0 Å². The maximum Gasteiger partial charge on any atom is 0.262 e. The first-order valence-corrected chi connectivity index (χ1v) is 7.92. The Morgan fingerprint density at radius 1 is 1.00 bits per heavy atom. The molecule has 0 aliphatic rings. The van der Waals surface area contributed by atoms with Gasteiger partial charge < -0.3 is 4.42 Å². The summed E-state index contributed by atoms with van der Waals surface area (Å²) in [6, 6.07) is 13.6. The molecule has 3 aromatic heterocycles. The molecule has 114 valence electrons. The first-order valence-electron chi connectivity index (χ1n) is 7.10. The van der Waals surface area contributed by atoms with Crippen molar-refractivity contribution in [2.75, 3.05) is 0 Å². The summed E-state index contributed by atoms with van der Waals surface area (Å²) in [7, 11) is 0. The van der Waals surface area contributed by atoms with Crippen LogP contribution in [0.1, 0.15) is 11.5 Å². The third-order valence-corrected chi connectivity index (χ3v) is 4.25. The lowest BCUT2D eigenvalue weighted by Crippen LogP contribution is -1.96. The molecule has 4 aromatic rings. The summed E-state index contributed by atoms with van der Waals surface area (Å²) in [5, 5.41) is 14.4. The quantitative estimate of drug-likeness (QED) is 0.574. The lowest BCUT2D eigenvalue weighted by atomic mass is 10.2. The van der Waals surface area contributed by atoms with E-state index in [-0.39, 0.29) is 0 Å². The molecule has 0 spiro atoms. The Morgan fingerprint density at radius 3 is 2.57 bits per heavy atom. The predicted octanol–water partition coefficient (Wildman–Crippen LogP) is 3.55. The normalized spacial score (nSPS) is 11.2. The van der Waals surface area contributed by atoms with Crippen molar-refractivity contribution >= 4 is 17.4 Å². The molecule has 1 aromatic carbocycles. The smallest absolute Gasteiger partial charge is 0.262 e. The van der Waals surface area contributed by atoms with Crippen molar-refractivity contribution < 1.29 is 4.42 Å². The molecule has 0 fully saturated rings. The molecule has 0 saturated carbocycles. The molecule has 0 aliphatic carbocycles. The van der Waals surface area contributed by atoms with Gasteiger partial charge in [-0.15, -0.1) is 10.2 Å². The third kappa shape index (κ3) is 2.59. The number of hydrogen-bond acceptors (Lipinski definition) is 6. The van der Waals surface area contributed by atoms with Gasteiger partial charge in [0.15, 0.2) is 11.5 Å². The van der Waals surface area contributed by atoms with E-state index in [0.29, 0.717) is 16.7 Å². The number of rotatable bonds is 3. The Labute approximate surface area is 136 Å². The van der Waals surface area contributed by atoms with Crippen molar-refractivity contribution in [2.24, 2.45) is 0 Å². The zero-order valence-corrected chi connectivity index (χ0v) is 13.4. The van der Waals surface area contributed by atoms with Crippen LogP contribution in [0.15, 0.2) is 57.1 Å². The fraction of sp³-hybridized carbons (Fsp3) is 0.125. The topological polar surface area (TPSA) is 69.1 Å². The largest absolute Gasteiger partial charge is 0.436 e. The Kier molecular flexibility index (Phi) is 3.34. The molecule has 7 heteroatoms. The van der Waals surface area contributed by atoms with E-state index in [1.807, 2.05) is 56.3 Å². The number of benzene rings is 1. The fourth-order valence-corrected chi connectivity index (χ4v) is 2.96. The standard InChI is InChI=1S/C16H13N5OS/c1-10-11(2)22-16(17-10)23-14-9-8-13-18-19-15(21(13)20-14)12-6-4-3-5-7-12/h3-9H,1-2H3. The molecule has 0 radical (unpaired) electrons. The van der Waals surface area contributed by atoms with Crippen LogP contribution >= 0.6 is 11.8 Å². The van der Waals surface area contributed by atoms with Gasteiger partial charge in [-0.1, -0.05) is 30.3 Å². The SMILES string of the molecule is Cc1nc(Sc2ccc3nnc(-c4ccccc4)n3n2)oc1C. The summed E-state index contributed by atoms with van der Waals surface area (Å²) in [5.41, 5.74) is 2.56. The van der Waals surface area contributed by atoms with Crippen LogP contribution in [-0.2, 0) is 0 Å². The number of nitrogens with zero attached hydrogens (tertiary/aromatic N) is 5. The zero-order valence-electron chi connectivity index (χ0n) is 12.6. The molecular formula is C16H13N5OS. The number of hydrogen-bond donors (Lipinski definition) is 0. The third-order valence-electron chi connectivity index (χ3n) is 3.47. The molecule has 0 bridgehead atoms. The molecule has 0 saturated heterocycles. The average molecular weight is 323 g/mol. The number of aromatic nitrogens is 5. The molecule has 0 unspecified atom stereocenters. The Bertz CT molecular complexity index is 957. The van der Waals surface area contributed by atoms with Gasteiger partial charge in [0.25, 0.3) is 5.22 Å². The minimum Gasteiger partial charge on any atom is -0.436 e. The number of aryl methyl sites for hydroxylation is 2. The van der Waals surface area contributed by atoms with Crippen LogP contribution in [0.3, 0.4) is 0 Å². The van der Waals surface area contributed by atoms with Crippen LogP contribution in [0, 0.1) is 13.8 Å². The number of fused-ring (bicyclic) bond motifs is 1. The Hall–Kier alpha value is -2.67. The lowest BCUT2D eigenvalue weighted by Gasteiger charge is -2.01. The molecule has 0 amide bonds. The van der Waals surface area contributed by atoms with E-state index in [1.54, 1.807) is 4.52 Å². The first kappa shape index (κ1) is 14.0. The van der Waals surface area contributed by atoms with Crippen LogP contribution in [0.2, 0.25) is 0 Å². The second-order valence-corrected chi connectivity index (χ2v) is 6.03. The average Bonchev–Trinajstić information content (AvgIpc) is 3.11. The lowest BCUT2D eigenvalue weighted by molar-refractivity contribution is 0.431. The summed E-state index contributed by atoms with van der Waals surface area (Å²) in [6.07, 6.45) is 0. The molecule has 0 aliphatic heterocycles. The van der Waals surface area contributed by atoms with Gasteiger partial charge in [-0.2, -0.15) is 9.61 Å². The Morgan fingerprint density at radius 2 is 1.83 bits per heavy atom. The monoisotopic (exact) mass is 323 g/mol. The van der Waals surface area contributed by atoms with Gasteiger partial charge in [0.2, 0.25) is 0 Å². The summed E-state index contributed by atoms with van der Waals surface area (Å²) < 4.78 is 7.33. The highest BCUT2D eigenvalue weighted by atomic mass is 32.2. The highest BCUT2D eigenvalue weighted by Gasteiger charge is 2.12. The van der Waals surface area contributed by atoms with Gasteiger partial charge in [-0.25, -0.2) is 4.98 Å². The highest BCUT2D eigenvalue weighted by molar-refractivity contribution is 7.99. The maximum absolute atomic E-state index is 5.60. The fourth-order valence-electron chi connectivity index (χ4n) is 2.17. The van der Waals surface area contributed by atoms with Crippen molar-refractivity contribution in [3.8, 4) is 11.4 Å². The summed E-state index contributed by atoms with van der Waals surface area (Å²) >= 11 is 1.38. The van der Waals surface area contributed by atoms with Gasteiger partial charge in [0, 0.05) is 5.56 Å². The van der Waals surface area contributed by atoms with Crippen molar-refractivity contribution in [3.05, 3.63) is 53.9 Å². The van der Waals surface area contributed by atoms with E-state index in [0.717, 1.165) is 22.0 Å². The van der Waals surface area contributed by atoms with E-state index in [1.165, 1.54) is 11.8 Å². The summed E-state index contributed by atoms with van der Waals surface area (Å²) in [5.74, 6) is 1.53. The maximum atomic E-state index is 5.60. The minimum atomic E-state index is 0.584. The van der Waals surface area contributed by atoms with E-state index in [9.17, 15) is 0 Å². The van der Waals surface area contributed by atoms with Crippen molar-refractivity contribution in [3.63, 3.8) is 0 Å². The molecule has 0 N–H and O–H groups in total. The van der Waals surface area contributed by atoms with E-state index in [4.69, 9.17) is 4.42 Å². The second-order valence-electron chi connectivity index (χ2n) is 5.05. The predicted molar refractivity (Wildman–Crippen MR) is 86.3 cm³/mol. The molecular weight excluding hydrogens is 310 g/mol. The summed E-state index contributed by atoms with van der Waals surface area (Å²) in [4.78, 5) is 4.37. The van der Waals surface area contributed by atoms with Crippen molar-refractivity contribution in [2.45, 2.75) is 24.1 Å². The highest BCUT2D eigenvalue weighted by Crippen LogP contribution is 2.27. The molecule has 0 atom stereocenters. The summed E-state index contributed by atoms with van der Waals surface area (Å²) in [6.45, 7) is 3.82. The second kappa shape index (κ2) is 5.51. The Balaban J connectivity index is 1.75. The van der Waals surface area contributed by atoms with Gasteiger partial charge in [-0.3, -0.25) is 0 Å². The van der Waals surface area contributed by atoms with E-state index in [2.05, 4.69) is 20.3 Å². The van der Waals surface area contributed by atoms with Gasteiger partial charge in [0.1, 0.15) is 10.8 Å². The van der Waals surface area contributed by atoms with Gasteiger partial charge >= 0.3 is 0 Å². The van der Waals surface area contributed by atoms with Gasteiger partial charge in [-0.05, 0) is 37.7 Å². The van der Waals surface area contributed by atoms with Crippen molar-refractivity contribution in [1.29, 1.82) is 0 Å². The van der Waals surface area contributed by atoms with Crippen molar-refractivity contribution in [1.82, 2.24) is 24.8 Å². The van der Waals surface area contributed by atoms with Gasteiger partial charge in [0.05, 0.1) is 5.69 Å². The van der Waals surface area contributed by atoms with Crippen LogP contribution in [0.25, 0.3) is 17.0 Å². The molecule has 4 rings (SSSR count). The number of oxazole rings is 1.